The number of aryl methyl sites for hydroxylation is 1. The summed E-state index contributed by atoms with van der Waals surface area (Å²) in [6.07, 6.45) is 5.71. The molecule has 3 aromatic rings. The molecule has 1 aliphatic rings. The molecule has 1 amide bonds. The second kappa shape index (κ2) is 6.95. The zero-order valence-electron chi connectivity index (χ0n) is 14.6. The fourth-order valence-corrected chi connectivity index (χ4v) is 3.19. The molecule has 0 unspecified atom stereocenters. The molecule has 1 saturated heterocycles. The van der Waals surface area contributed by atoms with E-state index < -0.39 is 0 Å². The largest absolute Gasteiger partial charge is 0.357 e. The maximum atomic E-state index is 12.8. The van der Waals surface area contributed by atoms with E-state index in [4.69, 9.17) is 0 Å². The topological polar surface area (TPSA) is 75.9 Å². The van der Waals surface area contributed by atoms with E-state index in [2.05, 4.69) is 25.5 Å². The number of hydrogen-bond acceptors (Lipinski definition) is 5. The number of anilines is 2. The van der Waals surface area contributed by atoms with Crippen molar-refractivity contribution in [2.24, 2.45) is 0 Å². The monoisotopic (exact) mass is 348 g/mol. The fourth-order valence-electron chi connectivity index (χ4n) is 3.19. The number of pyridine rings is 1. The maximum absolute atomic E-state index is 12.8. The number of rotatable bonds is 4. The van der Waals surface area contributed by atoms with Gasteiger partial charge in [0.15, 0.2) is 0 Å². The molecule has 7 heteroatoms. The number of amides is 1. The Bertz CT molecular complexity index is 916. The number of aromatic nitrogens is 4. The number of para-hydroxylation sites is 1. The number of hydrogen-bond donors (Lipinski definition) is 1. The van der Waals surface area contributed by atoms with Gasteiger partial charge in [-0.25, -0.2) is 9.67 Å². The lowest BCUT2D eigenvalue weighted by molar-refractivity contribution is 0.102. The summed E-state index contributed by atoms with van der Waals surface area (Å²) >= 11 is 0. The van der Waals surface area contributed by atoms with Gasteiger partial charge in [0.05, 0.1) is 35.0 Å². The summed E-state index contributed by atoms with van der Waals surface area (Å²) in [5.41, 5.74) is 2.73. The Hall–Kier alpha value is -3.22. The Balaban J connectivity index is 1.57. The summed E-state index contributed by atoms with van der Waals surface area (Å²) < 4.78 is 1.58. The molecule has 26 heavy (non-hydrogen) atoms. The van der Waals surface area contributed by atoms with Crippen LogP contribution in [0.5, 0.6) is 0 Å². The van der Waals surface area contributed by atoms with Crippen molar-refractivity contribution in [3.8, 4) is 5.69 Å². The third kappa shape index (κ3) is 3.15. The highest BCUT2D eigenvalue weighted by molar-refractivity contribution is 6.07. The first-order chi connectivity index (χ1) is 12.7. The number of benzene rings is 1. The molecule has 3 heterocycles. The summed E-state index contributed by atoms with van der Waals surface area (Å²) in [4.78, 5) is 19.7. The van der Waals surface area contributed by atoms with Crippen LogP contribution in [-0.2, 0) is 0 Å². The second-order valence-electron chi connectivity index (χ2n) is 6.32. The number of carbonyl (C=O) groups is 1. The number of nitrogens with one attached hydrogen (secondary N) is 1. The summed E-state index contributed by atoms with van der Waals surface area (Å²) in [6, 6.07) is 11.2. The minimum atomic E-state index is -0.199. The van der Waals surface area contributed by atoms with Crippen LogP contribution in [0.4, 0.5) is 11.5 Å². The first-order valence-corrected chi connectivity index (χ1v) is 8.72. The first-order valence-electron chi connectivity index (χ1n) is 8.72. The van der Waals surface area contributed by atoms with Gasteiger partial charge in [0.2, 0.25) is 0 Å². The quantitative estimate of drug-likeness (QED) is 0.785. The Labute approximate surface area is 151 Å². The van der Waals surface area contributed by atoms with E-state index in [1.165, 1.54) is 12.8 Å². The summed E-state index contributed by atoms with van der Waals surface area (Å²) in [6.45, 7) is 4.01. The van der Waals surface area contributed by atoms with Crippen LogP contribution in [0.1, 0.15) is 28.9 Å². The molecule has 0 saturated carbocycles. The number of nitrogens with zero attached hydrogens (tertiary/aromatic N) is 5. The van der Waals surface area contributed by atoms with Crippen molar-refractivity contribution in [2.75, 3.05) is 23.3 Å². The fraction of sp³-hybridized carbons (Fsp3) is 0.263. The van der Waals surface area contributed by atoms with E-state index in [1.54, 1.807) is 23.1 Å². The summed E-state index contributed by atoms with van der Waals surface area (Å²) in [7, 11) is 0. The van der Waals surface area contributed by atoms with Crippen molar-refractivity contribution < 1.29 is 4.79 Å². The summed E-state index contributed by atoms with van der Waals surface area (Å²) in [5.74, 6) is 0.774. The molecule has 0 aliphatic carbocycles. The van der Waals surface area contributed by atoms with Crippen LogP contribution >= 0.6 is 0 Å². The lowest BCUT2D eigenvalue weighted by Crippen LogP contribution is -2.20. The van der Waals surface area contributed by atoms with Gasteiger partial charge in [-0.2, -0.15) is 0 Å². The molecule has 1 aromatic carbocycles. The molecule has 132 valence electrons. The third-order valence-electron chi connectivity index (χ3n) is 4.57. The summed E-state index contributed by atoms with van der Waals surface area (Å²) in [5, 5.41) is 10.8. The van der Waals surface area contributed by atoms with Crippen LogP contribution < -0.4 is 10.2 Å². The molecule has 1 fully saturated rings. The smallest absolute Gasteiger partial charge is 0.257 e. The Morgan fingerprint density at radius 2 is 1.92 bits per heavy atom. The van der Waals surface area contributed by atoms with Crippen LogP contribution in [0.2, 0.25) is 0 Å². The van der Waals surface area contributed by atoms with Gasteiger partial charge in [-0.1, -0.05) is 17.3 Å². The van der Waals surface area contributed by atoms with Gasteiger partial charge in [-0.15, -0.1) is 5.10 Å². The maximum Gasteiger partial charge on any atom is 0.257 e. The van der Waals surface area contributed by atoms with Gasteiger partial charge >= 0.3 is 0 Å². The van der Waals surface area contributed by atoms with Crippen molar-refractivity contribution in [3.05, 3.63) is 60.0 Å². The SMILES string of the molecule is Cc1nc(N2CCCC2)ccc1NC(=O)c1ccccc1-n1ccnn1. The molecule has 0 spiro atoms. The minimum absolute atomic E-state index is 0.199. The first kappa shape index (κ1) is 16.3. The van der Waals surface area contributed by atoms with Gasteiger partial charge in [0.25, 0.3) is 5.91 Å². The van der Waals surface area contributed by atoms with Crippen molar-refractivity contribution >= 4 is 17.4 Å². The average molecular weight is 348 g/mol. The molecular weight excluding hydrogens is 328 g/mol. The molecule has 1 N–H and O–H groups in total. The molecule has 0 bridgehead atoms. The van der Waals surface area contributed by atoms with Crippen LogP contribution in [0, 0.1) is 6.92 Å². The minimum Gasteiger partial charge on any atom is -0.357 e. The third-order valence-corrected chi connectivity index (χ3v) is 4.57. The average Bonchev–Trinajstić information content (AvgIpc) is 3.37. The van der Waals surface area contributed by atoms with Gasteiger partial charge in [-0.05, 0) is 44.0 Å². The van der Waals surface area contributed by atoms with E-state index in [-0.39, 0.29) is 5.91 Å². The Morgan fingerprint density at radius 3 is 2.65 bits per heavy atom. The second-order valence-corrected chi connectivity index (χ2v) is 6.32. The van der Waals surface area contributed by atoms with E-state index in [1.807, 2.05) is 37.3 Å². The van der Waals surface area contributed by atoms with Crippen LogP contribution in [0.3, 0.4) is 0 Å². The Morgan fingerprint density at radius 1 is 1.12 bits per heavy atom. The van der Waals surface area contributed by atoms with E-state index >= 15 is 0 Å². The van der Waals surface area contributed by atoms with Gasteiger partial charge in [0, 0.05) is 13.1 Å². The highest BCUT2D eigenvalue weighted by Gasteiger charge is 2.17. The van der Waals surface area contributed by atoms with Crippen molar-refractivity contribution in [1.29, 1.82) is 0 Å². The zero-order valence-corrected chi connectivity index (χ0v) is 14.6. The molecule has 2 aromatic heterocycles. The predicted molar refractivity (Wildman–Crippen MR) is 99.7 cm³/mol. The highest BCUT2D eigenvalue weighted by atomic mass is 16.1. The standard InChI is InChI=1S/C19H20N6O/c1-14-16(8-9-18(21-14)24-11-4-5-12-24)22-19(26)15-6-2-3-7-17(15)25-13-10-20-23-25/h2-3,6-10,13H,4-5,11-12H2,1H3,(H,22,26). The van der Waals surface area contributed by atoms with Crippen molar-refractivity contribution in [3.63, 3.8) is 0 Å². The van der Waals surface area contributed by atoms with Crippen molar-refractivity contribution in [1.82, 2.24) is 20.0 Å². The van der Waals surface area contributed by atoms with Crippen molar-refractivity contribution in [2.45, 2.75) is 19.8 Å². The lowest BCUT2D eigenvalue weighted by Gasteiger charge is -2.18. The molecule has 0 radical (unpaired) electrons. The molecule has 0 atom stereocenters. The Kier molecular flexibility index (Phi) is 4.35. The van der Waals surface area contributed by atoms with Crippen LogP contribution in [-0.4, -0.2) is 39.0 Å². The number of carbonyl (C=O) groups excluding carboxylic acids is 1. The molecule has 1 aliphatic heterocycles. The lowest BCUT2D eigenvalue weighted by atomic mass is 10.1. The van der Waals surface area contributed by atoms with Gasteiger partial charge in [0.1, 0.15) is 5.82 Å². The predicted octanol–water partition coefficient (Wildman–Crippen LogP) is 2.82. The van der Waals surface area contributed by atoms with E-state index in [0.717, 1.165) is 24.6 Å². The molecular formula is C19H20N6O. The normalized spacial score (nSPS) is 13.8. The molecule has 4 rings (SSSR count). The van der Waals surface area contributed by atoms with E-state index in [9.17, 15) is 4.79 Å². The van der Waals surface area contributed by atoms with Gasteiger partial charge < -0.3 is 10.2 Å². The van der Waals surface area contributed by atoms with Crippen LogP contribution in [0.15, 0.2) is 48.8 Å². The highest BCUT2D eigenvalue weighted by Crippen LogP contribution is 2.23. The van der Waals surface area contributed by atoms with Crippen LogP contribution in [0.25, 0.3) is 5.69 Å². The van der Waals surface area contributed by atoms with E-state index in [0.29, 0.717) is 16.9 Å². The zero-order chi connectivity index (χ0) is 17.9. The molecule has 7 nitrogen and oxygen atoms in total. The van der Waals surface area contributed by atoms with Gasteiger partial charge in [-0.3, -0.25) is 4.79 Å².